The van der Waals surface area contributed by atoms with E-state index in [9.17, 15) is 19.5 Å². The summed E-state index contributed by atoms with van der Waals surface area (Å²) in [6.07, 6.45) is 0. The van der Waals surface area contributed by atoms with Crippen LogP contribution in [-0.2, 0) is 5.11 Å². The van der Waals surface area contributed by atoms with Gasteiger partial charge in [0.25, 0.3) is 0 Å². The summed E-state index contributed by atoms with van der Waals surface area (Å²) in [7, 11) is 0. The van der Waals surface area contributed by atoms with E-state index < -0.39 is 11.5 Å². The molecule has 0 bridgehead atoms. The number of carbonyl (C=O) groups excluding carboxylic acids is 3. The maximum absolute atomic E-state index is 12.3. The summed E-state index contributed by atoms with van der Waals surface area (Å²) in [5, 5.41) is 13.2. The largest absolute Gasteiger partial charge is 0.295 e. The molecule has 2 aromatic rings. The van der Waals surface area contributed by atoms with E-state index in [-0.39, 0.29) is 22.7 Å². The topological polar surface area (TPSA) is 71.1 Å². The third-order valence-electron chi connectivity index (χ3n) is 3.23. The molecule has 0 fully saturated rings. The summed E-state index contributed by atoms with van der Waals surface area (Å²) in [6, 6.07) is 6.13. The number of fused-ring (bicyclic) bond motifs is 1. The molecule has 0 unspecified atom stereocenters. The molecular formula is C16H13O4. The second kappa shape index (κ2) is 4.89. The van der Waals surface area contributed by atoms with Crippen LogP contribution in [0.4, 0.5) is 0 Å². The van der Waals surface area contributed by atoms with Crippen LogP contribution in [-0.4, -0.2) is 17.3 Å². The Kier molecular flexibility index (Phi) is 3.40. The lowest BCUT2D eigenvalue weighted by atomic mass is 9.93. The minimum atomic E-state index is -0.463. The number of hydrogen-bond acceptors (Lipinski definition) is 3. The standard InChI is InChI=1S/C16H13O4/c1-8(17)11-4-5-13-12(6-11)7-14(9(2)18)15(10(3)19)16(13)20/h4-7H,1-3H3. The van der Waals surface area contributed by atoms with E-state index in [4.69, 9.17) is 0 Å². The summed E-state index contributed by atoms with van der Waals surface area (Å²) in [4.78, 5) is 34.6. The predicted molar refractivity (Wildman–Crippen MR) is 74.1 cm³/mol. The first kappa shape index (κ1) is 13.9. The van der Waals surface area contributed by atoms with Crippen molar-refractivity contribution in [3.8, 4) is 5.75 Å². The zero-order valence-corrected chi connectivity index (χ0v) is 11.4. The Morgan fingerprint density at radius 1 is 0.850 bits per heavy atom. The fraction of sp³-hybridized carbons (Fsp3) is 0.188. The Balaban J connectivity index is 2.89. The van der Waals surface area contributed by atoms with Crippen molar-refractivity contribution in [2.24, 2.45) is 0 Å². The number of benzene rings is 2. The van der Waals surface area contributed by atoms with E-state index in [1.165, 1.54) is 32.9 Å². The normalized spacial score (nSPS) is 10.6. The molecule has 101 valence electrons. The molecule has 2 rings (SSSR count). The molecule has 0 aliphatic carbocycles. The highest BCUT2D eigenvalue weighted by Gasteiger charge is 2.20. The van der Waals surface area contributed by atoms with Gasteiger partial charge in [-0.15, -0.1) is 0 Å². The molecule has 0 saturated heterocycles. The molecule has 0 saturated carbocycles. The van der Waals surface area contributed by atoms with Crippen molar-refractivity contribution in [1.82, 2.24) is 0 Å². The van der Waals surface area contributed by atoms with Crippen LogP contribution in [0.3, 0.4) is 0 Å². The van der Waals surface area contributed by atoms with Crippen molar-refractivity contribution >= 4 is 28.1 Å². The maximum Gasteiger partial charge on any atom is 0.197 e. The molecular weight excluding hydrogens is 256 g/mol. The number of rotatable bonds is 3. The van der Waals surface area contributed by atoms with E-state index in [0.717, 1.165) is 0 Å². The van der Waals surface area contributed by atoms with Gasteiger partial charge in [0.1, 0.15) is 0 Å². The fourth-order valence-corrected chi connectivity index (χ4v) is 2.22. The third kappa shape index (κ3) is 2.20. The molecule has 0 atom stereocenters. The highest BCUT2D eigenvalue weighted by atomic mass is 16.3. The molecule has 1 radical (unpaired) electrons. The van der Waals surface area contributed by atoms with Gasteiger partial charge in [-0.2, -0.15) is 0 Å². The SMILES string of the molecule is CC(=O)c1ccc2c([O])c(C(C)=O)c(C(C)=O)cc2c1. The van der Waals surface area contributed by atoms with Gasteiger partial charge in [-0.3, -0.25) is 19.5 Å². The molecule has 0 aromatic heterocycles. The fourth-order valence-electron chi connectivity index (χ4n) is 2.22. The van der Waals surface area contributed by atoms with Crippen LogP contribution >= 0.6 is 0 Å². The van der Waals surface area contributed by atoms with Crippen molar-refractivity contribution in [3.05, 3.63) is 41.0 Å². The zero-order valence-electron chi connectivity index (χ0n) is 11.4. The van der Waals surface area contributed by atoms with Gasteiger partial charge in [-0.1, -0.05) is 6.07 Å². The first-order chi connectivity index (χ1) is 9.32. The van der Waals surface area contributed by atoms with Crippen molar-refractivity contribution in [3.63, 3.8) is 0 Å². The van der Waals surface area contributed by atoms with Crippen molar-refractivity contribution < 1.29 is 19.5 Å². The van der Waals surface area contributed by atoms with E-state index in [1.54, 1.807) is 12.1 Å². The molecule has 0 aliphatic rings. The third-order valence-corrected chi connectivity index (χ3v) is 3.23. The molecule has 4 heteroatoms. The van der Waals surface area contributed by atoms with E-state index in [2.05, 4.69) is 0 Å². The van der Waals surface area contributed by atoms with Gasteiger partial charge < -0.3 is 0 Å². The average molecular weight is 269 g/mol. The lowest BCUT2D eigenvalue weighted by Gasteiger charge is -2.09. The molecule has 0 heterocycles. The minimum absolute atomic E-state index is 0.0828. The minimum Gasteiger partial charge on any atom is -0.295 e. The lowest BCUT2D eigenvalue weighted by molar-refractivity contribution is 0.0977. The number of Topliss-reactive ketones (excluding diaryl/α,β-unsaturated/α-hetero) is 3. The van der Waals surface area contributed by atoms with Crippen LogP contribution in [0, 0.1) is 0 Å². The average Bonchev–Trinajstić information content (AvgIpc) is 2.37. The van der Waals surface area contributed by atoms with E-state index in [0.29, 0.717) is 16.3 Å². The summed E-state index contributed by atoms with van der Waals surface area (Å²) < 4.78 is 0. The van der Waals surface area contributed by atoms with Crippen LogP contribution < -0.4 is 0 Å². The molecule has 0 spiro atoms. The molecule has 0 amide bonds. The summed E-state index contributed by atoms with van der Waals surface area (Å²) in [5.74, 6) is -1.37. The van der Waals surface area contributed by atoms with E-state index >= 15 is 0 Å². The number of hydrogen-bond donors (Lipinski definition) is 0. The van der Waals surface area contributed by atoms with E-state index in [1.807, 2.05) is 0 Å². The Morgan fingerprint density at radius 3 is 2.00 bits per heavy atom. The van der Waals surface area contributed by atoms with Gasteiger partial charge in [0.15, 0.2) is 23.1 Å². The molecule has 20 heavy (non-hydrogen) atoms. The van der Waals surface area contributed by atoms with Gasteiger partial charge in [0.05, 0.1) is 5.56 Å². The summed E-state index contributed by atoms with van der Waals surface area (Å²) >= 11 is 0. The zero-order chi connectivity index (χ0) is 15.0. The van der Waals surface area contributed by atoms with Crippen molar-refractivity contribution in [2.75, 3.05) is 0 Å². The molecule has 4 nitrogen and oxygen atoms in total. The Hall–Kier alpha value is -2.49. The summed E-state index contributed by atoms with van der Waals surface area (Å²) in [6.45, 7) is 4.00. The smallest absolute Gasteiger partial charge is 0.197 e. The van der Waals surface area contributed by atoms with Crippen molar-refractivity contribution in [1.29, 1.82) is 0 Å². The lowest BCUT2D eigenvalue weighted by Crippen LogP contribution is -2.05. The van der Waals surface area contributed by atoms with Crippen LogP contribution in [0.15, 0.2) is 24.3 Å². The van der Waals surface area contributed by atoms with Gasteiger partial charge in [-0.05, 0) is 44.4 Å². The molecule has 0 N–H and O–H groups in total. The predicted octanol–water partition coefficient (Wildman–Crippen LogP) is 3.59. The highest BCUT2D eigenvalue weighted by Crippen LogP contribution is 2.33. The maximum atomic E-state index is 12.3. The summed E-state index contributed by atoms with van der Waals surface area (Å²) in [5.41, 5.74) is 0.484. The number of ketones is 3. The monoisotopic (exact) mass is 269 g/mol. The van der Waals surface area contributed by atoms with Crippen LogP contribution in [0.1, 0.15) is 51.8 Å². The van der Waals surface area contributed by atoms with Crippen molar-refractivity contribution in [2.45, 2.75) is 20.8 Å². The second-order valence-corrected chi connectivity index (χ2v) is 4.73. The van der Waals surface area contributed by atoms with Crippen LogP contribution in [0.2, 0.25) is 0 Å². The van der Waals surface area contributed by atoms with Crippen LogP contribution in [0.25, 0.3) is 10.8 Å². The Bertz CT molecular complexity index is 757. The van der Waals surface area contributed by atoms with Crippen LogP contribution in [0.5, 0.6) is 5.75 Å². The first-order valence-corrected chi connectivity index (χ1v) is 6.13. The molecule has 0 aliphatic heterocycles. The number of carbonyl (C=O) groups is 3. The van der Waals surface area contributed by atoms with Gasteiger partial charge in [-0.25, -0.2) is 0 Å². The molecule has 2 aromatic carbocycles. The quantitative estimate of drug-likeness (QED) is 0.799. The highest BCUT2D eigenvalue weighted by molar-refractivity contribution is 6.14. The first-order valence-electron chi connectivity index (χ1n) is 6.13. The second-order valence-electron chi connectivity index (χ2n) is 4.73. The van der Waals surface area contributed by atoms with Gasteiger partial charge >= 0.3 is 0 Å². The Morgan fingerprint density at radius 2 is 1.50 bits per heavy atom. The van der Waals surface area contributed by atoms with Gasteiger partial charge in [0, 0.05) is 16.5 Å². The van der Waals surface area contributed by atoms with Gasteiger partial charge in [0.2, 0.25) is 0 Å². The Labute approximate surface area is 116 Å².